The van der Waals surface area contributed by atoms with Gasteiger partial charge in [0, 0.05) is 29.9 Å². The molecule has 0 amide bonds. The highest BCUT2D eigenvalue weighted by Crippen LogP contribution is 2.43. The molecule has 0 aliphatic heterocycles. The second kappa shape index (κ2) is 13.4. The summed E-state index contributed by atoms with van der Waals surface area (Å²) in [5.74, 6) is 0.261. The molecule has 0 atom stereocenters. The van der Waals surface area contributed by atoms with Gasteiger partial charge in [-0.15, -0.1) is 0 Å². The van der Waals surface area contributed by atoms with Crippen LogP contribution in [-0.2, 0) is 16.0 Å². The van der Waals surface area contributed by atoms with Gasteiger partial charge in [-0.25, -0.2) is 9.59 Å². The molecule has 2 heterocycles. The van der Waals surface area contributed by atoms with Crippen molar-refractivity contribution >= 4 is 38.6 Å². The number of esters is 2. The van der Waals surface area contributed by atoms with Gasteiger partial charge in [0.15, 0.2) is 23.0 Å². The number of hydrogen-bond acceptors (Lipinski definition) is 10. The summed E-state index contributed by atoms with van der Waals surface area (Å²) >= 11 is 3.52. The van der Waals surface area contributed by atoms with E-state index in [0.717, 1.165) is 0 Å². The largest absolute Gasteiger partial charge is 0.493 e. The Hall–Kier alpha value is -4.58. The average molecular weight is 641 g/mol. The lowest BCUT2D eigenvalue weighted by molar-refractivity contribution is 0.0489. The predicted octanol–water partition coefficient (Wildman–Crippen LogP) is 4.89. The summed E-state index contributed by atoms with van der Waals surface area (Å²) in [6.07, 6.45) is 3.18. The number of benzene rings is 2. The van der Waals surface area contributed by atoms with Gasteiger partial charge in [-0.2, -0.15) is 0 Å². The minimum Gasteiger partial charge on any atom is -0.493 e. The first-order chi connectivity index (χ1) is 20.3. The number of methoxy groups -OCH3 is 5. The van der Waals surface area contributed by atoms with Crippen LogP contribution in [0.5, 0.6) is 23.0 Å². The SMILES string of the molecule is COC(=O)c1c(-c2cc(Br)c(OC)c(OC)c2)c2cc(OC)c(OC)cc2c(=O)n1CCCOC(=O)c1cccnc1. The number of aromatic nitrogens is 2. The van der Waals surface area contributed by atoms with Crippen LogP contribution in [0.3, 0.4) is 0 Å². The Bertz CT molecular complexity index is 1690. The van der Waals surface area contributed by atoms with Crippen molar-refractivity contribution in [2.75, 3.05) is 42.2 Å². The van der Waals surface area contributed by atoms with E-state index >= 15 is 0 Å². The Labute approximate surface area is 250 Å². The van der Waals surface area contributed by atoms with Gasteiger partial charge in [0.25, 0.3) is 5.56 Å². The first kappa shape index (κ1) is 30.4. The highest BCUT2D eigenvalue weighted by Gasteiger charge is 2.27. The zero-order valence-corrected chi connectivity index (χ0v) is 25.3. The second-order valence-corrected chi connectivity index (χ2v) is 9.70. The van der Waals surface area contributed by atoms with Gasteiger partial charge in [-0.05, 0) is 64.3 Å². The topological polar surface area (TPSA) is 124 Å². The zero-order chi connectivity index (χ0) is 30.4. The molecule has 220 valence electrons. The molecule has 0 bridgehead atoms. The van der Waals surface area contributed by atoms with Crippen molar-refractivity contribution in [3.05, 3.63) is 74.9 Å². The molecule has 0 fully saturated rings. The van der Waals surface area contributed by atoms with Gasteiger partial charge in [0.05, 0.1) is 57.6 Å². The molecule has 0 radical (unpaired) electrons. The molecule has 42 heavy (non-hydrogen) atoms. The summed E-state index contributed by atoms with van der Waals surface area (Å²) in [5.41, 5.74) is 0.770. The Morgan fingerprint density at radius 1 is 0.881 bits per heavy atom. The van der Waals surface area contributed by atoms with E-state index in [4.69, 9.17) is 28.4 Å². The molecular weight excluding hydrogens is 612 g/mol. The van der Waals surface area contributed by atoms with Crippen LogP contribution in [0.4, 0.5) is 0 Å². The molecule has 0 spiro atoms. The number of ether oxygens (including phenoxy) is 6. The van der Waals surface area contributed by atoms with Crippen LogP contribution in [0.15, 0.2) is 58.1 Å². The van der Waals surface area contributed by atoms with Crippen LogP contribution in [0.1, 0.15) is 27.3 Å². The van der Waals surface area contributed by atoms with Crippen molar-refractivity contribution in [2.24, 2.45) is 0 Å². The van der Waals surface area contributed by atoms with Crippen LogP contribution in [-0.4, -0.2) is 63.6 Å². The number of carbonyl (C=O) groups is 2. The highest BCUT2D eigenvalue weighted by atomic mass is 79.9. The highest BCUT2D eigenvalue weighted by molar-refractivity contribution is 9.10. The van der Waals surface area contributed by atoms with E-state index in [1.54, 1.807) is 42.6 Å². The smallest absolute Gasteiger partial charge is 0.355 e. The molecule has 0 saturated heterocycles. The molecule has 0 saturated carbocycles. The number of rotatable bonds is 11. The fourth-order valence-corrected chi connectivity index (χ4v) is 5.21. The molecular formula is C30H29BrN2O9. The third-order valence-electron chi connectivity index (χ3n) is 6.53. The second-order valence-electron chi connectivity index (χ2n) is 8.85. The Kier molecular flexibility index (Phi) is 9.68. The first-order valence-corrected chi connectivity index (χ1v) is 13.5. The molecule has 12 heteroatoms. The minimum atomic E-state index is -0.739. The number of nitrogens with zero attached hydrogens (tertiary/aromatic N) is 2. The number of fused-ring (bicyclic) bond motifs is 1. The predicted molar refractivity (Wildman–Crippen MR) is 158 cm³/mol. The fourth-order valence-electron chi connectivity index (χ4n) is 4.60. The normalized spacial score (nSPS) is 10.7. The van der Waals surface area contributed by atoms with Crippen LogP contribution in [0.25, 0.3) is 21.9 Å². The molecule has 11 nitrogen and oxygen atoms in total. The summed E-state index contributed by atoms with van der Waals surface area (Å²) in [6.45, 7) is 0.0251. The molecule has 2 aromatic heterocycles. The Morgan fingerprint density at radius 2 is 1.57 bits per heavy atom. The lowest BCUT2D eigenvalue weighted by Crippen LogP contribution is -2.29. The van der Waals surface area contributed by atoms with Crippen molar-refractivity contribution in [3.8, 4) is 34.1 Å². The molecule has 0 unspecified atom stereocenters. The van der Waals surface area contributed by atoms with Crippen molar-refractivity contribution in [1.82, 2.24) is 9.55 Å². The molecule has 4 aromatic rings. The molecule has 2 aromatic carbocycles. The number of halogens is 1. The standard InChI is InChI=1S/C30H29BrN2O9/c1-37-22-14-19-20(15-23(22)38-2)28(34)33(10-7-11-42-29(35)17-8-6-9-32-16-17)26(30(36)41-5)25(19)18-12-21(31)27(40-4)24(13-18)39-3/h6,8-9,12-16H,7,10-11H2,1-5H3. The van der Waals surface area contributed by atoms with E-state index in [1.165, 1.54) is 46.3 Å². The quantitative estimate of drug-likeness (QED) is 0.165. The maximum atomic E-state index is 13.9. The van der Waals surface area contributed by atoms with E-state index in [-0.39, 0.29) is 30.7 Å². The third kappa shape index (κ3) is 5.89. The Balaban J connectivity index is 1.92. The van der Waals surface area contributed by atoms with Gasteiger partial charge >= 0.3 is 11.9 Å². The van der Waals surface area contributed by atoms with Gasteiger partial charge in [-0.1, -0.05) is 0 Å². The van der Waals surface area contributed by atoms with Crippen molar-refractivity contribution in [1.29, 1.82) is 0 Å². The zero-order valence-electron chi connectivity index (χ0n) is 23.7. The van der Waals surface area contributed by atoms with Crippen LogP contribution >= 0.6 is 15.9 Å². The van der Waals surface area contributed by atoms with Crippen LogP contribution in [0.2, 0.25) is 0 Å². The van der Waals surface area contributed by atoms with E-state index in [0.29, 0.717) is 49.5 Å². The molecule has 0 aliphatic rings. The Morgan fingerprint density at radius 3 is 2.17 bits per heavy atom. The van der Waals surface area contributed by atoms with Crippen molar-refractivity contribution in [2.45, 2.75) is 13.0 Å². The lowest BCUT2D eigenvalue weighted by Gasteiger charge is -2.21. The number of pyridine rings is 2. The third-order valence-corrected chi connectivity index (χ3v) is 7.12. The summed E-state index contributed by atoms with van der Waals surface area (Å²) in [5, 5.41) is 0.699. The monoisotopic (exact) mass is 640 g/mol. The van der Waals surface area contributed by atoms with Crippen molar-refractivity contribution in [3.63, 3.8) is 0 Å². The van der Waals surface area contributed by atoms with E-state index in [9.17, 15) is 14.4 Å². The molecule has 0 aliphatic carbocycles. The first-order valence-electron chi connectivity index (χ1n) is 12.7. The fraction of sp³-hybridized carbons (Fsp3) is 0.267. The van der Waals surface area contributed by atoms with Gasteiger partial charge < -0.3 is 33.0 Å². The van der Waals surface area contributed by atoms with E-state index in [1.807, 2.05) is 0 Å². The lowest BCUT2D eigenvalue weighted by atomic mass is 9.95. The minimum absolute atomic E-state index is 0.0000688. The molecule has 4 rings (SSSR count). The maximum Gasteiger partial charge on any atom is 0.355 e. The number of hydrogen-bond donors (Lipinski definition) is 0. The van der Waals surface area contributed by atoms with Gasteiger partial charge in [0.1, 0.15) is 5.69 Å². The number of carbonyl (C=O) groups excluding carboxylic acids is 2. The van der Waals surface area contributed by atoms with E-state index in [2.05, 4.69) is 20.9 Å². The van der Waals surface area contributed by atoms with E-state index < -0.39 is 17.5 Å². The van der Waals surface area contributed by atoms with Gasteiger partial charge in [0.2, 0.25) is 0 Å². The summed E-state index contributed by atoms with van der Waals surface area (Å²) in [4.78, 5) is 43.6. The maximum absolute atomic E-state index is 13.9. The summed E-state index contributed by atoms with van der Waals surface area (Å²) in [7, 11) is 7.19. The summed E-state index contributed by atoms with van der Waals surface area (Å²) in [6, 6.07) is 9.88. The average Bonchev–Trinajstić information content (AvgIpc) is 3.02. The van der Waals surface area contributed by atoms with Crippen LogP contribution in [0, 0.1) is 0 Å². The van der Waals surface area contributed by atoms with Crippen LogP contribution < -0.4 is 24.5 Å². The molecule has 0 N–H and O–H groups in total. The van der Waals surface area contributed by atoms with Gasteiger partial charge in [-0.3, -0.25) is 9.78 Å². The van der Waals surface area contributed by atoms with Crippen molar-refractivity contribution < 1.29 is 38.0 Å². The summed E-state index contributed by atoms with van der Waals surface area (Å²) < 4.78 is 34.4.